The van der Waals surface area contributed by atoms with Crippen LogP contribution in [-0.4, -0.2) is 30.4 Å². The fourth-order valence-electron chi connectivity index (χ4n) is 3.19. The van der Waals surface area contributed by atoms with Crippen molar-refractivity contribution in [3.63, 3.8) is 0 Å². The molecule has 1 amide bonds. The van der Waals surface area contributed by atoms with Crippen molar-refractivity contribution in [2.45, 2.75) is 5.92 Å². The number of carbonyl (C=O) groups excluding carboxylic acids is 1. The Hall–Kier alpha value is -1.36. The Bertz CT molecular complexity index is 707. The standard InChI is InChI=1S/C18H18BrClN2O/c19-17-7-6-14(20)8-15(17)18(23)22-10-13(9-21)16(11-22)12-4-2-1-3-5-12/h1-8,13,16H,9-11,21H2/t13-,16+/m1/s1. The fourth-order valence-corrected chi connectivity index (χ4v) is 3.77. The van der Waals surface area contributed by atoms with E-state index in [1.807, 2.05) is 23.1 Å². The molecule has 120 valence electrons. The van der Waals surface area contributed by atoms with Crippen LogP contribution in [0.25, 0.3) is 0 Å². The van der Waals surface area contributed by atoms with Gasteiger partial charge in [0, 0.05) is 28.5 Å². The lowest BCUT2D eigenvalue weighted by atomic mass is 9.89. The van der Waals surface area contributed by atoms with E-state index in [9.17, 15) is 4.79 Å². The lowest BCUT2D eigenvalue weighted by molar-refractivity contribution is 0.0785. The molecule has 0 aromatic heterocycles. The first-order chi connectivity index (χ1) is 11.1. The number of nitrogens with two attached hydrogens (primary N) is 1. The lowest BCUT2D eigenvalue weighted by Gasteiger charge is -2.17. The molecule has 1 saturated heterocycles. The van der Waals surface area contributed by atoms with Gasteiger partial charge in [0.15, 0.2) is 0 Å². The summed E-state index contributed by atoms with van der Waals surface area (Å²) >= 11 is 9.48. The smallest absolute Gasteiger partial charge is 0.255 e. The van der Waals surface area contributed by atoms with Gasteiger partial charge in [0.05, 0.1) is 5.56 Å². The normalized spacial score (nSPS) is 20.7. The third kappa shape index (κ3) is 3.44. The molecule has 1 aliphatic rings. The first-order valence-corrected chi connectivity index (χ1v) is 8.76. The van der Waals surface area contributed by atoms with E-state index >= 15 is 0 Å². The molecule has 0 spiro atoms. The number of benzene rings is 2. The summed E-state index contributed by atoms with van der Waals surface area (Å²) in [6.45, 7) is 1.93. The average molecular weight is 394 g/mol. The van der Waals surface area contributed by atoms with E-state index in [0.29, 0.717) is 30.2 Å². The summed E-state index contributed by atoms with van der Waals surface area (Å²) in [5.41, 5.74) is 7.79. The zero-order valence-electron chi connectivity index (χ0n) is 12.6. The van der Waals surface area contributed by atoms with Crippen molar-refractivity contribution < 1.29 is 4.79 Å². The molecule has 0 saturated carbocycles. The van der Waals surface area contributed by atoms with Gasteiger partial charge in [0.1, 0.15) is 0 Å². The molecule has 0 unspecified atom stereocenters. The van der Waals surface area contributed by atoms with Gasteiger partial charge in [-0.2, -0.15) is 0 Å². The van der Waals surface area contributed by atoms with Crippen molar-refractivity contribution in [1.82, 2.24) is 4.90 Å². The molecule has 3 rings (SSSR count). The van der Waals surface area contributed by atoms with Crippen LogP contribution < -0.4 is 5.73 Å². The van der Waals surface area contributed by atoms with Crippen molar-refractivity contribution >= 4 is 33.4 Å². The van der Waals surface area contributed by atoms with Crippen LogP contribution in [0.3, 0.4) is 0 Å². The predicted molar refractivity (Wildman–Crippen MR) is 96.8 cm³/mol. The van der Waals surface area contributed by atoms with Gasteiger partial charge in [-0.15, -0.1) is 0 Å². The van der Waals surface area contributed by atoms with E-state index in [1.165, 1.54) is 5.56 Å². The van der Waals surface area contributed by atoms with Crippen LogP contribution in [0, 0.1) is 5.92 Å². The molecule has 0 bridgehead atoms. The molecular formula is C18H18BrClN2O. The van der Waals surface area contributed by atoms with Crippen LogP contribution in [0.15, 0.2) is 53.0 Å². The summed E-state index contributed by atoms with van der Waals surface area (Å²) in [5, 5.41) is 0.561. The van der Waals surface area contributed by atoms with Crippen LogP contribution in [0.5, 0.6) is 0 Å². The molecule has 1 fully saturated rings. The molecule has 2 atom stereocenters. The van der Waals surface area contributed by atoms with Gasteiger partial charge in [0.2, 0.25) is 0 Å². The second kappa shape index (κ2) is 7.04. The maximum Gasteiger partial charge on any atom is 0.255 e. The molecule has 0 aliphatic carbocycles. The monoisotopic (exact) mass is 392 g/mol. The van der Waals surface area contributed by atoms with Crippen LogP contribution in [-0.2, 0) is 0 Å². The number of halogens is 2. The van der Waals surface area contributed by atoms with Gasteiger partial charge in [-0.3, -0.25) is 4.79 Å². The van der Waals surface area contributed by atoms with E-state index in [4.69, 9.17) is 17.3 Å². The summed E-state index contributed by atoms with van der Waals surface area (Å²) in [6.07, 6.45) is 0. The number of hydrogen-bond acceptors (Lipinski definition) is 2. The van der Waals surface area contributed by atoms with Gasteiger partial charge in [-0.25, -0.2) is 0 Å². The second-order valence-electron chi connectivity index (χ2n) is 5.85. The minimum Gasteiger partial charge on any atom is -0.338 e. The molecule has 1 aliphatic heterocycles. The van der Waals surface area contributed by atoms with Crippen LogP contribution in [0.1, 0.15) is 21.8 Å². The van der Waals surface area contributed by atoms with Crippen LogP contribution in [0.2, 0.25) is 5.02 Å². The van der Waals surface area contributed by atoms with Crippen molar-refractivity contribution in [2.75, 3.05) is 19.6 Å². The van der Waals surface area contributed by atoms with E-state index < -0.39 is 0 Å². The summed E-state index contributed by atoms with van der Waals surface area (Å²) in [6, 6.07) is 15.6. The maximum atomic E-state index is 12.9. The first-order valence-electron chi connectivity index (χ1n) is 7.59. The summed E-state index contributed by atoms with van der Waals surface area (Å²) in [7, 11) is 0. The van der Waals surface area contributed by atoms with Crippen molar-refractivity contribution in [2.24, 2.45) is 11.7 Å². The van der Waals surface area contributed by atoms with Gasteiger partial charge in [-0.05, 0) is 52.2 Å². The third-order valence-electron chi connectivity index (χ3n) is 4.42. The SMILES string of the molecule is NC[C@@H]1CN(C(=O)c2cc(Cl)ccc2Br)C[C@H]1c1ccccc1. The zero-order valence-corrected chi connectivity index (χ0v) is 14.9. The number of hydrogen-bond donors (Lipinski definition) is 1. The van der Waals surface area contributed by atoms with Crippen molar-refractivity contribution in [3.05, 3.63) is 69.2 Å². The summed E-state index contributed by atoms with van der Waals surface area (Å²) in [5.74, 6) is 0.554. The second-order valence-corrected chi connectivity index (χ2v) is 7.14. The summed E-state index contributed by atoms with van der Waals surface area (Å²) < 4.78 is 0.763. The molecule has 23 heavy (non-hydrogen) atoms. The van der Waals surface area contributed by atoms with Gasteiger partial charge in [0.25, 0.3) is 5.91 Å². The van der Waals surface area contributed by atoms with E-state index in [2.05, 4.69) is 28.1 Å². The highest BCUT2D eigenvalue weighted by atomic mass is 79.9. The number of amides is 1. The Morgan fingerprint density at radius 3 is 2.65 bits per heavy atom. The maximum absolute atomic E-state index is 12.9. The number of rotatable bonds is 3. The minimum atomic E-state index is -0.00347. The Morgan fingerprint density at radius 1 is 1.22 bits per heavy atom. The highest BCUT2D eigenvalue weighted by Gasteiger charge is 2.36. The predicted octanol–water partition coefficient (Wildman–Crippen LogP) is 3.92. The van der Waals surface area contributed by atoms with E-state index in [-0.39, 0.29) is 17.7 Å². The van der Waals surface area contributed by atoms with E-state index in [1.54, 1.807) is 18.2 Å². The molecule has 2 aromatic carbocycles. The number of likely N-dealkylation sites (tertiary alicyclic amines) is 1. The van der Waals surface area contributed by atoms with Gasteiger partial charge >= 0.3 is 0 Å². The quantitative estimate of drug-likeness (QED) is 0.859. The zero-order chi connectivity index (χ0) is 16.4. The molecule has 2 N–H and O–H groups in total. The highest BCUT2D eigenvalue weighted by Crippen LogP contribution is 2.34. The molecule has 0 radical (unpaired) electrons. The lowest BCUT2D eigenvalue weighted by Crippen LogP contribution is -2.30. The van der Waals surface area contributed by atoms with Crippen LogP contribution in [0.4, 0.5) is 0 Å². The van der Waals surface area contributed by atoms with Crippen LogP contribution >= 0.6 is 27.5 Å². The molecule has 3 nitrogen and oxygen atoms in total. The number of carbonyl (C=O) groups is 1. The molecule has 5 heteroatoms. The number of nitrogens with zero attached hydrogens (tertiary/aromatic N) is 1. The topological polar surface area (TPSA) is 46.3 Å². The van der Waals surface area contributed by atoms with Crippen molar-refractivity contribution in [3.8, 4) is 0 Å². The Labute approximate surface area is 149 Å². The molecular weight excluding hydrogens is 376 g/mol. The summed E-state index contributed by atoms with van der Waals surface area (Å²) in [4.78, 5) is 14.7. The average Bonchev–Trinajstić information content (AvgIpc) is 3.01. The van der Waals surface area contributed by atoms with Gasteiger partial charge in [-0.1, -0.05) is 41.9 Å². The molecule has 1 heterocycles. The molecule has 2 aromatic rings. The van der Waals surface area contributed by atoms with Gasteiger partial charge < -0.3 is 10.6 Å². The Kier molecular flexibility index (Phi) is 5.05. The Balaban J connectivity index is 1.84. The fraction of sp³-hybridized carbons (Fsp3) is 0.278. The van der Waals surface area contributed by atoms with E-state index in [0.717, 1.165) is 4.47 Å². The largest absolute Gasteiger partial charge is 0.338 e. The Morgan fingerprint density at radius 2 is 1.96 bits per heavy atom. The highest BCUT2D eigenvalue weighted by molar-refractivity contribution is 9.10. The van der Waals surface area contributed by atoms with Crippen molar-refractivity contribution in [1.29, 1.82) is 0 Å². The first kappa shape index (κ1) is 16.5. The minimum absolute atomic E-state index is 0.00347. The third-order valence-corrected chi connectivity index (χ3v) is 5.34.